The van der Waals surface area contributed by atoms with Crippen LogP contribution in [0.4, 0.5) is 4.79 Å². The van der Waals surface area contributed by atoms with E-state index >= 15 is 0 Å². The lowest BCUT2D eigenvalue weighted by Gasteiger charge is -2.31. The Labute approximate surface area is 160 Å². The van der Waals surface area contributed by atoms with Gasteiger partial charge in [0.1, 0.15) is 6.04 Å². The third-order valence-electron chi connectivity index (χ3n) is 4.75. The number of nitrogens with one attached hydrogen (secondary N) is 1. The van der Waals surface area contributed by atoms with E-state index in [0.29, 0.717) is 44.5 Å². The predicted molar refractivity (Wildman–Crippen MR) is 104 cm³/mol. The van der Waals surface area contributed by atoms with E-state index < -0.39 is 0 Å². The fourth-order valence-corrected chi connectivity index (χ4v) is 3.65. The highest BCUT2D eigenvalue weighted by Gasteiger charge is 2.33. The van der Waals surface area contributed by atoms with Crippen LogP contribution in [-0.4, -0.2) is 66.5 Å². The second-order valence-corrected chi connectivity index (χ2v) is 7.03. The Morgan fingerprint density at radius 3 is 2.77 bits per heavy atom. The first kappa shape index (κ1) is 19.1. The molecular formula is C19H27N3O3S. The van der Waals surface area contributed by atoms with Crippen molar-refractivity contribution < 1.29 is 14.3 Å². The molecule has 1 atom stereocenters. The van der Waals surface area contributed by atoms with E-state index in [4.69, 9.17) is 21.7 Å². The van der Waals surface area contributed by atoms with Crippen molar-refractivity contribution in [3.8, 4) is 0 Å². The standard InChI is InChI=1S/C19H27N3O3S/c23-19(20-21-11-14-24-15-12-21)22-10-4-9-17(22)18(26)25-13-5-8-16-6-2-1-3-7-16/h1-3,6-7,17H,4-5,8-15H2,(H,20,23)/t17-/m0/s1. The first-order chi connectivity index (χ1) is 12.7. The molecule has 142 valence electrons. The van der Waals surface area contributed by atoms with Gasteiger partial charge in [0.15, 0.2) is 5.05 Å². The number of hydrogen-bond donors (Lipinski definition) is 1. The molecule has 2 aliphatic heterocycles. The SMILES string of the molecule is O=C(NN1CCOCC1)N1CCC[C@H]1C(=S)OCCCc1ccccc1. The number of likely N-dealkylation sites (tertiary alicyclic amines) is 1. The molecule has 0 aromatic heterocycles. The van der Waals surface area contributed by atoms with Gasteiger partial charge in [0.05, 0.1) is 19.8 Å². The summed E-state index contributed by atoms with van der Waals surface area (Å²) in [4.78, 5) is 14.4. The van der Waals surface area contributed by atoms with Crippen LogP contribution < -0.4 is 5.43 Å². The molecule has 0 aliphatic carbocycles. The molecule has 3 rings (SSSR count). The van der Waals surface area contributed by atoms with Crippen molar-refractivity contribution in [2.45, 2.75) is 31.7 Å². The highest BCUT2D eigenvalue weighted by molar-refractivity contribution is 7.80. The fourth-order valence-electron chi connectivity index (χ4n) is 3.32. The quantitative estimate of drug-likeness (QED) is 0.609. The van der Waals surface area contributed by atoms with Crippen molar-refractivity contribution in [2.75, 3.05) is 39.5 Å². The average molecular weight is 378 g/mol. The molecule has 0 bridgehead atoms. The van der Waals surface area contributed by atoms with Gasteiger partial charge in [-0.25, -0.2) is 9.80 Å². The number of thiocarbonyl (C=S) groups is 1. The number of aryl methyl sites for hydroxylation is 1. The summed E-state index contributed by atoms with van der Waals surface area (Å²) in [5, 5.41) is 2.44. The molecule has 2 aliphatic rings. The molecule has 0 spiro atoms. The summed E-state index contributed by atoms with van der Waals surface area (Å²) in [6.45, 7) is 4.02. The van der Waals surface area contributed by atoms with E-state index in [0.717, 1.165) is 25.7 Å². The molecule has 1 aromatic carbocycles. The molecular weight excluding hydrogens is 350 g/mol. The number of hydrazine groups is 1. The number of amides is 2. The molecule has 6 nitrogen and oxygen atoms in total. The zero-order valence-corrected chi connectivity index (χ0v) is 15.9. The molecule has 1 aromatic rings. The van der Waals surface area contributed by atoms with Crippen molar-refractivity contribution in [1.82, 2.24) is 15.3 Å². The minimum absolute atomic E-state index is 0.0929. The normalized spacial score (nSPS) is 20.8. The van der Waals surface area contributed by atoms with Crippen LogP contribution in [0.1, 0.15) is 24.8 Å². The number of benzene rings is 1. The molecule has 2 heterocycles. The summed E-state index contributed by atoms with van der Waals surface area (Å²) < 4.78 is 11.1. The molecule has 7 heteroatoms. The average Bonchev–Trinajstić information content (AvgIpc) is 3.17. The second kappa shape index (κ2) is 9.85. The highest BCUT2D eigenvalue weighted by atomic mass is 32.1. The van der Waals surface area contributed by atoms with E-state index in [1.807, 2.05) is 23.2 Å². The number of hydrogen-bond acceptors (Lipinski definition) is 5. The first-order valence-electron chi connectivity index (χ1n) is 9.34. The van der Waals surface area contributed by atoms with Crippen LogP contribution in [0.25, 0.3) is 0 Å². The molecule has 1 N–H and O–H groups in total. The zero-order chi connectivity index (χ0) is 18.2. The number of rotatable bonds is 6. The summed E-state index contributed by atoms with van der Waals surface area (Å²) >= 11 is 5.47. The third-order valence-corrected chi connectivity index (χ3v) is 5.14. The van der Waals surface area contributed by atoms with Gasteiger partial charge in [-0.2, -0.15) is 0 Å². The van der Waals surface area contributed by atoms with Gasteiger partial charge in [-0.3, -0.25) is 5.43 Å². The Bertz CT molecular complexity index is 593. The smallest absolute Gasteiger partial charge is 0.332 e. The second-order valence-electron chi connectivity index (χ2n) is 6.62. The van der Waals surface area contributed by atoms with Gasteiger partial charge in [-0.1, -0.05) is 30.3 Å². The number of nitrogens with zero attached hydrogens (tertiary/aromatic N) is 2. The van der Waals surface area contributed by atoms with Crippen LogP contribution in [0.2, 0.25) is 0 Å². The van der Waals surface area contributed by atoms with E-state index in [1.165, 1.54) is 5.56 Å². The van der Waals surface area contributed by atoms with Gasteiger partial charge >= 0.3 is 6.03 Å². The van der Waals surface area contributed by atoms with Crippen LogP contribution in [0.15, 0.2) is 30.3 Å². The predicted octanol–water partition coefficient (Wildman–Crippen LogP) is 2.38. The van der Waals surface area contributed by atoms with Crippen molar-refractivity contribution in [2.24, 2.45) is 0 Å². The maximum atomic E-state index is 12.6. The van der Waals surface area contributed by atoms with Crippen LogP contribution >= 0.6 is 12.2 Å². The maximum absolute atomic E-state index is 12.6. The van der Waals surface area contributed by atoms with E-state index in [9.17, 15) is 4.79 Å². The van der Waals surface area contributed by atoms with Crippen LogP contribution in [-0.2, 0) is 15.9 Å². The van der Waals surface area contributed by atoms with Crippen LogP contribution in [0.5, 0.6) is 0 Å². The number of ether oxygens (including phenoxy) is 2. The molecule has 0 saturated carbocycles. The number of carbonyl (C=O) groups is 1. The van der Waals surface area contributed by atoms with Crippen LogP contribution in [0.3, 0.4) is 0 Å². The summed E-state index contributed by atoms with van der Waals surface area (Å²) in [5.41, 5.74) is 4.26. The van der Waals surface area contributed by atoms with Gasteiger partial charge in [-0.05, 0) is 43.5 Å². The van der Waals surface area contributed by atoms with Gasteiger partial charge in [0, 0.05) is 19.6 Å². The highest BCUT2D eigenvalue weighted by Crippen LogP contribution is 2.20. The number of urea groups is 1. The molecule has 0 radical (unpaired) electrons. The summed E-state index contributed by atoms with van der Waals surface area (Å²) in [6.07, 6.45) is 3.70. The topological polar surface area (TPSA) is 54.0 Å². The Kier molecular flexibility index (Phi) is 7.22. The van der Waals surface area contributed by atoms with Gasteiger partial charge in [-0.15, -0.1) is 0 Å². The number of carbonyl (C=O) groups excluding carboxylic acids is 1. The van der Waals surface area contributed by atoms with Gasteiger partial charge in [0.25, 0.3) is 0 Å². The molecule has 2 saturated heterocycles. The number of morpholine rings is 1. The lowest BCUT2D eigenvalue weighted by atomic mass is 10.1. The third kappa shape index (κ3) is 5.40. The summed E-state index contributed by atoms with van der Waals surface area (Å²) in [5.74, 6) is 0. The van der Waals surface area contributed by atoms with Gasteiger partial charge in [0.2, 0.25) is 0 Å². The van der Waals surface area contributed by atoms with E-state index in [1.54, 1.807) is 4.90 Å². The lowest BCUT2D eigenvalue weighted by Crippen LogP contribution is -2.54. The molecule has 2 fully saturated rings. The van der Waals surface area contributed by atoms with Crippen molar-refractivity contribution >= 4 is 23.3 Å². The summed E-state index contributed by atoms with van der Waals surface area (Å²) in [6, 6.07) is 10.1. The minimum Gasteiger partial charge on any atom is -0.485 e. The fraction of sp³-hybridized carbons (Fsp3) is 0.579. The maximum Gasteiger partial charge on any atom is 0.332 e. The Hall–Kier alpha value is -1.70. The Morgan fingerprint density at radius 1 is 1.23 bits per heavy atom. The largest absolute Gasteiger partial charge is 0.485 e. The molecule has 26 heavy (non-hydrogen) atoms. The molecule has 2 amide bonds. The zero-order valence-electron chi connectivity index (χ0n) is 15.1. The van der Waals surface area contributed by atoms with E-state index in [-0.39, 0.29) is 12.1 Å². The summed E-state index contributed by atoms with van der Waals surface area (Å²) in [7, 11) is 0. The monoisotopic (exact) mass is 377 g/mol. The minimum atomic E-state index is -0.109. The van der Waals surface area contributed by atoms with Gasteiger partial charge < -0.3 is 14.4 Å². The van der Waals surface area contributed by atoms with Crippen molar-refractivity contribution in [3.63, 3.8) is 0 Å². The molecule has 0 unspecified atom stereocenters. The Balaban J connectivity index is 1.41. The van der Waals surface area contributed by atoms with E-state index in [2.05, 4.69) is 17.6 Å². The van der Waals surface area contributed by atoms with Crippen molar-refractivity contribution in [3.05, 3.63) is 35.9 Å². The van der Waals surface area contributed by atoms with Crippen molar-refractivity contribution in [1.29, 1.82) is 0 Å². The van der Waals surface area contributed by atoms with Crippen LogP contribution in [0, 0.1) is 0 Å². The lowest BCUT2D eigenvalue weighted by molar-refractivity contribution is 0.0160. The Morgan fingerprint density at radius 2 is 2.00 bits per heavy atom. The first-order valence-corrected chi connectivity index (χ1v) is 9.75.